The van der Waals surface area contributed by atoms with Crippen molar-refractivity contribution < 1.29 is 4.74 Å². The molecule has 0 N–H and O–H groups in total. The van der Waals surface area contributed by atoms with Crippen molar-refractivity contribution >= 4 is 31.0 Å². The predicted molar refractivity (Wildman–Crippen MR) is 57.9 cm³/mol. The summed E-state index contributed by atoms with van der Waals surface area (Å²) in [6.07, 6.45) is 2.04. The van der Waals surface area contributed by atoms with Crippen molar-refractivity contribution in [2.75, 3.05) is 13.7 Å². The van der Waals surface area contributed by atoms with Gasteiger partial charge in [0.25, 0.3) is 0 Å². The Balaban J connectivity index is 2.41. The number of ether oxygens (including phenoxy) is 1. The Kier molecular flexibility index (Phi) is 5.17. The van der Waals surface area contributed by atoms with Gasteiger partial charge in [-0.25, -0.2) is 0 Å². The number of halogens is 1. The third-order valence-corrected chi connectivity index (χ3v) is 3.46. The second kappa shape index (κ2) is 6.22. The topological polar surface area (TPSA) is 9.23 Å². The molecule has 3 heteroatoms. The van der Waals surface area contributed by atoms with E-state index in [0.29, 0.717) is 21.6 Å². The Labute approximate surface area is 89.9 Å². The first-order chi connectivity index (χ1) is 6.33. The molecule has 0 aliphatic rings. The van der Waals surface area contributed by atoms with Gasteiger partial charge in [-0.15, -0.1) is 0 Å². The summed E-state index contributed by atoms with van der Waals surface area (Å²) in [5, 5.41) is 0.792. The van der Waals surface area contributed by atoms with E-state index in [1.807, 2.05) is 18.2 Å². The number of hydrogen-bond donors (Lipinski definition) is 0. The maximum absolute atomic E-state index is 5.76. The van der Waals surface area contributed by atoms with Crippen molar-refractivity contribution in [3.63, 3.8) is 0 Å². The quantitative estimate of drug-likeness (QED) is 0.752. The first-order valence-electron chi connectivity index (χ1n) is 3.89. The fourth-order valence-corrected chi connectivity index (χ4v) is 2.21. The summed E-state index contributed by atoms with van der Waals surface area (Å²) in [6.45, 7) is 0.690. The van der Waals surface area contributed by atoms with E-state index in [0.717, 1.165) is 5.02 Å². The van der Waals surface area contributed by atoms with Gasteiger partial charge in [0, 0.05) is 0 Å². The summed E-state index contributed by atoms with van der Waals surface area (Å²) in [4.78, 5) is 2.15. The van der Waals surface area contributed by atoms with E-state index in [2.05, 4.69) is 17.1 Å². The minimum absolute atomic E-state index is 0.392. The predicted octanol–water partition coefficient (Wildman–Crippen LogP) is 1.83. The van der Waals surface area contributed by atoms with Crippen LogP contribution in [-0.2, 0) is 4.74 Å². The zero-order valence-electron chi connectivity index (χ0n) is 7.37. The Hall–Kier alpha value is -0.271. The SMILES string of the molecule is COC/C=C/[Se]c1ccc(Cl)cc1. The molecular formula is C10H11ClOSe. The van der Waals surface area contributed by atoms with Crippen LogP contribution < -0.4 is 4.46 Å². The van der Waals surface area contributed by atoms with Gasteiger partial charge in [0.15, 0.2) is 0 Å². The molecule has 0 aliphatic heterocycles. The molecule has 70 valence electrons. The standard InChI is InChI=1S/C10H11ClOSe/c1-12-7-2-8-13-10-5-3-9(11)4-6-10/h2-6,8H,7H2,1H3/b8-2+. The van der Waals surface area contributed by atoms with Crippen LogP contribution in [0.1, 0.15) is 0 Å². The summed E-state index contributed by atoms with van der Waals surface area (Å²) in [6, 6.07) is 7.95. The number of rotatable bonds is 4. The molecule has 1 rings (SSSR count). The van der Waals surface area contributed by atoms with Gasteiger partial charge in [0.1, 0.15) is 0 Å². The van der Waals surface area contributed by atoms with Gasteiger partial charge < -0.3 is 0 Å². The fraction of sp³-hybridized carbons (Fsp3) is 0.200. The van der Waals surface area contributed by atoms with Crippen molar-refractivity contribution in [3.8, 4) is 0 Å². The van der Waals surface area contributed by atoms with Gasteiger partial charge >= 0.3 is 89.8 Å². The third-order valence-electron chi connectivity index (χ3n) is 1.38. The Morgan fingerprint density at radius 2 is 2.08 bits per heavy atom. The fourth-order valence-electron chi connectivity index (χ4n) is 0.775. The molecule has 0 amide bonds. The van der Waals surface area contributed by atoms with Crippen molar-refractivity contribution in [2.24, 2.45) is 0 Å². The van der Waals surface area contributed by atoms with E-state index >= 15 is 0 Å². The van der Waals surface area contributed by atoms with Crippen molar-refractivity contribution in [1.29, 1.82) is 0 Å². The molecular weight excluding hydrogens is 251 g/mol. The van der Waals surface area contributed by atoms with Gasteiger partial charge in [-0.2, -0.15) is 0 Å². The number of methoxy groups -OCH3 is 1. The summed E-state index contributed by atoms with van der Waals surface area (Å²) in [5.74, 6) is 0. The van der Waals surface area contributed by atoms with Gasteiger partial charge in [0.05, 0.1) is 0 Å². The van der Waals surface area contributed by atoms with Crippen LogP contribution in [0.3, 0.4) is 0 Å². The van der Waals surface area contributed by atoms with Gasteiger partial charge in [-0.1, -0.05) is 0 Å². The molecule has 0 fully saturated rings. The van der Waals surface area contributed by atoms with Crippen LogP contribution in [0, 0.1) is 0 Å². The number of hydrogen-bond acceptors (Lipinski definition) is 1. The molecule has 1 aromatic carbocycles. The van der Waals surface area contributed by atoms with E-state index < -0.39 is 0 Å². The summed E-state index contributed by atoms with van der Waals surface area (Å²) >= 11 is 6.16. The Morgan fingerprint density at radius 3 is 2.69 bits per heavy atom. The molecule has 0 bridgehead atoms. The van der Waals surface area contributed by atoms with Gasteiger partial charge in [0.2, 0.25) is 0 Å². The normalized spacial score (nSPS) is 10.9. The molecule has 0 unspecified atom stereocenters. The second-order valence-corrected chi connectivity index (χ2v) is 4.89. The van der Waals surface area contributed by atoms with Crippen LogP contribution in [-0.4, -0.2) is 28.7 Å². The average Bonchev–Trinajstić information content (AvgIpc) is 2.15. The number of benzene rings is 1. The van der Waals surface area contributed by atoms with E-state index in [-0.39, 0.29) is 0 Å². The monoisotopic (exact) mass is 262 g/mol. The van der Waals surface area contributed by atoms with Crippen LogP contribution >= 0.6 is 11.6 Å². The summed E-state index contributed by atoms with van der Waals surface area (Å²) in [7, 11) is 1.69. The summed E-state index contributed by atoms with van der Waals surface area (Å²) in [5.41, 5.74) is 0. The molecule has 1 aromatic rings. The van der Waals surface area contributed by atoms with Crippen LogP contribution in [0.2, 0.25) is 5.02 Å². The van der Waals surface area contributed by atoms with Crippen molar-refractivity contribution in [2.45, 2.75) is 0 Å². The minimum atomic E-state index is 0.392. The van der Waals surface area contributed by atoms with E-state index in [9.17, 15) is 0 Å². The second-order valence-electron chi connectivity index (χ2n) is 2.40. The third kappa shape index (κ3) is 4.49. The zero-order valence-corrected chi connectivity index (χ0v) is 9.83. The van der Waals surface area contributed by atoms with Crippen LogP contribution in [0.15, 0.2) is 35.3 Å². The van der Waals surface area contributed by atoms with E-state index in [1.54, 1.807) is 7.11 Å². The first kappa shape index (κ1) is 10.8. The molecule has 0 spiro atoms. The van der Waals surface area contributed by atoms with Crippen molar-refractivity contribution in [1.82, 2.24) is 0 Å². The molecule has 0 atom stereocenters. The van der Waals surface area contributed by atoms with Crippen molar-refractivity contribution in [3.05, 3.63) is 40.3 Å². The van der Waals surface area contributed by atoms with Gasteiger partial charge in [-0.05, 0) is 0 Å². The molecule has 13 heavy (non-hydrogen) atoms. The molecule has 0 aromatic heterocycles. The average molecular weight is 262 g/mol. The van der Waals surface area contributed by atoms with Crippen LogP contribution in [0.25, 0.3) is 0 Å². The molecule has 0 heterocycles. The molecule has 0 saturated heterocycles. The molecule has 0 aliphatic carbocycles. The van der Waals surface area contributed by atoms with Crippen LogP contribution in [0.4, 0.5) is 0 Å². The Morgan fingerprint density at radius 1 is 1.38 bits per heavy atom. The first-order valence-corrected chi connectivity index (χ1v) is 6.11. The van der Waals surface area contributed by atoms with Gasteiger partial charge in [-0.3, -0.25) is 0 Å². The molecule has 1 nitrogen and oxygen atoms in total. The van der Waals surface area contributed by atoms with Crippen LogP contribution in [0.5, 0.6) is 0 Å². The molecule has 0 saturated carbocycles. The van der Waals surface area contributed by atoms with E-state index in [1.165, 1.54) is 4.46 Å². The molecule has 0 radical (unpaired) electrons. The van der Waals surface area contributed by atoms with E-state index in [4.69, 9.17) is 16.3 Å². The zero-order chi connectivity index (χ0) is 9.52. The Bertz CT molecular complexity index is 269. The maximum atomic E-state index is 5.76. The summed E-state index contributed by atoms with van der Waals surface area (Å²) < 4.78 is 6.22.